The van der Waals surface area contributed by atoms with Crippen LogP contribution in [-0.4, -0.2) is 24.8 Å². The zero-order valence-electron chi connectivity index (χ0n) is 12.9. The van der Waals surface area contributed by atoms with Crippen LogP contribution in [0.1, 0.15) is 32.8 Å². The number of anilines is 1. The van der Waals surface area contributed by atoms with Gasteiger partial charge in [-0.05, 0) is 38.0 Å². The van der Waals surface area contributed by atoms with E-state index in [4.69, 9.17) is 4.74 Å². The maximum atomic E-state index is 11.6. The molecule has 0 aromatic heterocycles. The molecule has 0 bridgehead atoms. The fraction of sp³-hybridized carbons (Fsp3) is 0.467. The second-order valence-corrected chi connectivity index (χ2v) is 5.26. The molecular formula is C15H23N3O3. The molecule has 0 saturated heterocycles. The highest BCUT2D eigenvalue weighted by Gasteiger charge is 2.19. The predicted molar refractivity (Wildman–Crippen MR) is 82.2 cm³/mol. The van der Waals surface area contributed by atoms with Crippen molar-refractivity contribution in [1.82, 2.24) is 10.6 Å². The van der Waals surface area contributed by atoms with Crippen LogP contribution >= 0.6 is 0 Å². The fourth-order valence-electron chi connectivity index (χ4n) is 1.43. The van der Waals surface area contributed by atoms with Gasteiger partial charge in [0.15, 0.2) is 0 Å². The summed E-state index contributed by atoms with van der Waals surface area (Å²) >= 11 is 0. The van der Waals surface area contributed by atoms with Gasteiger partial charge in [-0.25, -0.2) is 9.59 Å². The van der Waals surface area contributed by atoms with E-state index in [2.05, 4.69) is 16.0 Å². The maximum absolute atomic E-state index is 11.6. The topological polar surface area (TPSA) is 79.5 Å². The van der Waals surface area contributed by atoms with Crippen molar-refractivity contribution in [2.75, 3.05) is 12.4 Å². The summed E-state index contributed by atoms with van der Waals surface area (Å²) in [5.74, 6) is 0. The van der Waals surface area contributed by atoms with Crippen LogP contribution < -0.4 is 16.0 Å². The van der Waals surface area contributed by atoms with E-state index in [-0.39, 0.29) is 6.03 Å². The zero-order chi connectivity index (χ0) is 15.9. The Morgan fingerprint density at radius 1 is 1.19 bits per heavy atom. The Kier molecular flexibility index (Phi) is 6.02. The Morgan fingerprint density at radius 2 is 1.81 bits per heavy atom. The highest BCUT2D eigenvalue weighted by Crippen LogP contribution is 2.14. The molecule has 0 atom stereocenters. The average molecular weight is 293 g/mol. The Labute approximate surface area is 125 Å². The molecule has 6 heteroatoms. The third-order valence-corrected chi connectivity index (χ3v) is 3.10. The predicted octanol–water partition coefficient (Wildman–Crippen LogP) is 2.85. The summed E-state index contributed by atoms with van der Waals surface area (Å²) in [6, 6.07) is 6.93. The number of ether oxygens (including phenoxy) is 1. The van der Waals surface area contributed by atoms with Crippen LogP contribution in [-0.2, 0) is 11.3 Å². The van der Waals surface area contributed by atoms with Crippen LogP contribution in [0.4, 0.5) is 15.3 Å². The summed E-state index contributed by atoms with van der Waals surface area (Å²) in [7, 11) is 1.55. The highest BCUT2D eigenvalue weighted by atomic mass is 16.6. The van der Waals surface area contributed by atoms with E-state index in [0.29, 0.717) is 12.2 Å². The molecule has 3 amide bonds. The first-order chi connectivity index (χ1) is 9.86. The Balaban J connectivity index is 2.46. The lowest BCUT2D eigenvalue weighted by molar-refractivity contribution is 0.0360. The standard InChI is InChI=1S/C15H23N3O3/c1-5-15(2,3)21-14(20)17-10-11-6-8-12(9-7-11)18-13(19)16-4/h6-9H,5,10H2,1-4H3,(H,17,20)(H2,16,18,19). The van der Waals surface area contributed by atoms with Gasteiger partial charge in [-0.15, -0.1) is 0 Å². The summed E-state index contributed by atoms with van der Waals surface area (Å²) in [6.07, 6.45) is 0.315. The third kappa shape index (κ3) is 6.16. The lowest BCUT2D eigenvalue weighted by atomic mass is 10.1. The molecule has 0 unspecified atom stereocenters. The second-order valence-electron chi connectivity index (χ2n) is 5.26. The van der Waals surface area contributed by atoms with Crippen molar-refractivity contribution < 1.29 is 14.3 Å². The van der Waals surface area contributed by atoms with Gasteiger partial charge in [0.1, 0.15) is 5.60 Å². The first-order valence-corrected chi connectivity index (χ1v) is 6.91. The van der Waals surface area contributed by atoms with Crippen LogP contribution in [0.2, 0.25) is 0 Å². The molecule has 0 saturated carbocycles. The van der Waals surface area contributed by atoms with Crippen LogP contribution in [0.15, 0.2) is 24.3 Å². The minimum absolute atomic E-state index is 0.272. The quantitative estimate of drug-likeness (QED) is 0.781. The fourth-order valence-corrected chi connectivity index (χ4v) is 1.43. The SMILES string of the molecule is CCC(C)(C)OC(=O)NCc1ccc(NC(=O)NC)cc1. The zero-order valence-corrected chi connectivity index (χ0v) is 12.9. The third-order valence-electron chi connectivity index (χ3n) is 3.10. The van der Waals surface area contributed by atoms with Gasteiger partial charge in [0.2, 0.25) is 0 Å². The summed E-state index contributed by atoms with van der Waals surface area (Å²) in [6.45, 7) is 6.07. The number of amides is 3. The van der Waals surface area contributed by atoms with E-state index in [0.717, 1.165) is 12.0 Å². The molecule has 1 aromatic carbocycles. The van der Waals surface area contributed by atoms with Crippen molar-refractivity contribution in [3.63, 3.8) is 0 Å². The van der Waals surface area contributed by atoms with Crippen LogP contribution in [0, 0.1) is 0 Å². The summed E-state index contributed by atoms with van der Waals surface area (Å²) < 4.78 is 5.28. The number of alkyl carbamates (subject to hydrolysis) is 1. The van der Waals surface area contributed by atoms with Crippen LogP contribution in [0.5, 0.6) is 0 Å². The lowest BCUT2D eigenvalue weighted by Gasteiger charge is -2.23. The molecule has 0 aliphatic carbocycles. The van der Waals surface area contributed by atoms with Gasteiger partial charge in [-0.2, -0.15) is 0 Å². The van der Waals surface area contributed by atoms with Crippen molar-refractivity contribution in [2.24, 2.45) is 0 Å². The number of carbonyl (C=O) groups excluding carboxylic acids is 2. The van der Waals surface area contributed by atoms with E-state index in [1.807, 2.05) is 32.9 Å². The minimum atomic E-state index is -0.467. The largest absolute Gasteiger partial charge is 0.444 e. The minimum Gasteiger partial charge on any atom is -0.444 e. The van der Waals surface area contributed by atoms with Crippen molar-refractivity contribution in [2.45, 2.75) is 39.3 Å². The van der Waals surface area contributed by atoms with E-state index in [1.54, 1.807) is 19.2 Å². The Hall–Kier alpha value is -2.24. The number of carbonyl (C=O) groups is 2. The number of benzene rings is 1. The van der Waals surface area contributed by atoms with Crippen molar-refractivity contribution in [1.29, 1.82) is 0 Å². The molecule has 0 radical (unpaired) electrons. The van der Waals surface area contributed by atoms with Crippen molar-refractivity contribution in [3.8, 4) is 0 Å². The van der Waals surface area contributed by atoms with E-state index in [1.165, 1.54) is 0 Å². The number of hydrogen-bond acceptors (Lipinski definition) is 3. The summed E-state index contributed by atoms with van der Waals surface area (Å²) in [5, 5.41) is 7.83. The van der Waals surface area contributed by atoms with Gasteiger partial charge in [-0.3, -0.25) is 0 Å². The van der Waals surface area contributed by atoms with Gasteiger partial charge in [0.05, 0.1) is 0 Å². The summed E-state index contributed by atoms with van der Waals surface area (Å²) in [4.78, 5) is 22.8. The van der Waals surface area contributed by atoms with Gasteiger partial charge < -0.3 is 20.7 Å². The molecule has 6 nitrogen and oxygen atoms in total. The Bertz CT molecular complexity index is 483. The molecule has 0 aliphatic heterocycles. The van der Waals surface area contributed by atoms with Crippen molar-refractivity contribution in [3.05, 3.63) is 29.8 Å². The summed E-state index contributed by atoms with van der Waals surface area (Å²) in [5.41, 5.74) is 1.14. The van der Waals surface area contributed by atoms with Crippen molar-refractivity contribution >= 4 is 17.8 Å². The molecular weight excluding hydrogens is 270 g/mol. The number of urea groups is 1. The van der Waals surface area contributed by atoms with E-state index < -0.39 is 11.7 Å². The number of rotatable bonds is 5. The second kappa shape index (κ2) is 7.52. The lowest BCUT2D eigenvalue weighted by Crippen LogP contribution is -2.33. The molecule has 1 rings (SSSR count). The molecule has 116 valence electrons. The molecule has 0 heterocycles. The smallest absolute Gasteiger partial charge is 0.407 e. The monoisotopic (exact) mass is 293 g/mol. The average Bonchev–Trinajstić information content (AvgIpc) is 2.46. The molecule has 0 spiro atoms. The van der Waals surface area contributed by atoms with Gasteiger partial charge in [-0.1, -0.05) is 19.1 Å². The van der Waals surface area contributed by atoms with Gasteiger partial charge >= 0.3 is 12.1 Å². The highest BCUT2D eigenvalue weighted by molar-refractivity contribution is 5.88. The maximum Gasteiger partial charge on any atom is 0.407 e. The van der Waals surface area contributed by atoms with Gasteiger partial charge in [0.25, 0.3) is 0 Å². The molecule has 21 heavy (non-hydrogen) atoms. The molecule has 1 aromatic rings. The first kappa shape index (κ1) is 16.8. The van der Waals surface area contributed by atoms with Crippen LogP contribution in [0.3, 0.4) is 0 Å². The van der Waals surface area contributed by atoms with Crippen LogP contribution in [0.25, 0.3) is 0 Å². The molecule has 0 aliphatic rings. The molecule has 3 N–H and O–H groups in total. The number of hydrogen-bond donors (Lipinski definition) is 3. The number of nitrogens with one attached hydrogen (secondary N) is 3. The Morgan fingerprint density at radius 3 is 2.33 bits per heavy atom. The normalized spacial score (nSPS) is 10.7. The first-order valence-electron chi connectivity index (χ1n) is 6.91. The van der Waals surface area contributed by atoms with E-state index in [9.17, 15) is 9.59 Å². The van der Waals surface area contributed by atoms with E-state index >= 15 is 0 Å². The molecule has 0 fully saturated rings. The van der Waals surface area contributed by atoms with Gasteiger partial charge in [0, 0.05) is 19.3 Å².